The van der Waals surface area contributed by atoms with E-state index in [1.54, 1.807) is 42.5 Å². The van der Waals surface area contributed by atoms with Crippen LogP contribution in [0, 0.1) is 0 Å². The molecule has 1 amide bonds. The fourth-order valence-electron chi connectivity index (χ4n) is 1.91. The van der Waals surface area contributed by atoms with E-state index in [0.717, 1.165) is 5.69 Å². The Hall–Kier alpha value is -2.77. The van der Waals surface area contributed by atoms with Crippen molar-refractivity contribution in [1.29, 1.82) is 0 Å². The van der Waals surface area contributed by atoms with Crippen LogP contribution in [0.15, 0.2) is 30.9 Å². The summed E-state index contributed by atoms with van der Waals surface area (Å²) in [5.41, 5.74) is 6.65. The smallest absolute Gasteiger partial charge is 0.410 e. The zero-order valence-corrected chi connectivity index (χ0v) is 14.4. The van der Waals surface area contributed by atoms with Crippen molar-refractivity contribution in [3.05, 3.63) is 30.9 Å². The predicted molar refractivity (Wildman–Crippen MR) is 90.1 cm³/mol. The van der Waals surface area contributed by atoms with Gasteiger partial charge in [0.25, 0.3) is 0 Å². The maximum Gasteiger partial charge on any atom is 0.410 e. The Bertz CT molecular complexity index is 680. The highest BCUT2D eigenvalue weighted by Gasteiger charge is 2.19. The summed E-state index contributed by atoms with van der Waals surface area (Å²) in [5, 5.41) is 7.56. The highest BCUT2D eigenvalue weighted by molar-refractivity contribution is 5.67. The van der Waals surface area contributed by atoms with Crippen molar-refractivity contribution >= 4 is 11.8 Å². The number of carbonyl (C=O) groups excluding carboxylic acids is 1. The molecule has 24 heavy (non-hydrogen) atoms. The molecule has 1 aromatic carbocycles. The second-order valence-corrected chi connectivity index (χ2v) is 6.35. The minimum absolute atomic E-state index is 0.314. The lowest BCUT2D eigenvalue weighted by molar-refractivity contribution is 0.0278. The first kappa shape index (κ1) is 17.6. The van der Waals surface area contributed by atoms with Crippen molar-refractivity contribution in [3.63, 3.8) is 0 Å². The summed E-state index contributed by atoms with van der Waals surface area (Å²) < 4.78 is 12.8. The molecular weight excluding hydrogens is 310 g/mol. The van der Waals surface area contributed by atoms with Gasteiger partial charge < -0.3 is 20.1 Å². The van der Waals surface area contributed by atoms with E-state index in [1.807, 2.05) is 20.8 Å². The Labute approximate surface area is 141 Å². The van der Waals surface area contributed by atoms with Crippen LogP contribution in [0.4, 0.5) is 10.5 Å². The number of benzene rings is 1. The highest BCUT2D eigenvalue weighted by atomic mass is 16.6. The molecule has 0 unspecified atom stereocenters. The molecular formula is C16H23N5O3. The summed E-state index contributed by atoms with van der Waals surface area (Å²) >= 11 is 0. The number of amides is 1. The predicted octanol–water partition coefficient (Wildman–Crippen LogP) is 2.10. The Morgan fingerprint density at radius 3 is 2.58 bits per heavy atom. The second kappa shape index (κ2) is 7.20. The van der Waals surface area contributed by atoms with Crippen LogP contribution in [0.25, 0.3) is 5.69 Å². The molecule has 0 fully saturated rings. The fourth-order valence-corrected chi connectivity index (χ4v) is 1.91. The zero-order valence-electron chi connectivity index (χ0n) is 14.4. The molecule has 130 valence electrons. The average molecular weight is 333 g/mol. The Kier molecular flexibility index (Phi) is 5.28. The summed E-state index contributed by atoms with van der Waals surface area (Å²) in [6, 6.07) is 5.30. The van der Waals surface area contributed by atoms with Gasteiger partial charge in [-0.1, -0.05) is 0 Å². The number of nitrogens with two attached hydrogens (primary N) is 1. The van der Waals surface area contributed by atoms with Crippen LogP contribution in [0.1, 0.15) is 20.8 Å². The van der Waals surface area contributed by atoms with E-state index in [2.05, 4.69) is 10.2 Å². The largest absolute Gasteiger partial charge is 0.490 e. The zero-order chi connectivity index (χ0) is 17.7. The topological polar surface area (TPSA) is 95.5 Å². The van der Waals surface area contributed by atoms with Gasteiger partial charge in [-0.2, -0.15) is 0 Å². The standard InChI is InChI=1S/C16H23N5O3/c1-16(2,3)24-15(22)20(4)7-8-23-14-6-5-12(17)9-13(14)21-10-18-19-11-21/h5-6,9-11H,7-8,17H2,1-4H3. The molecule has 0 bridgehead atoms. The molecule has 0 saturated heterocycles. The molecule has 1 aromatic heterocycles. The normalized spacial score (nSPS) is 11.2. The number of nitrogens with zero attached hydrogens (tertiary/aromatic N) is 4. The van der Waals surface area contributed by atoms with E-state index >= 15 is 0 Å². The summed E-state index contributed by atoms with van der Waals surface area (Å²) in [7, 11) is 1.67. The number of rotatable bonds is 5. The van der Waals surface area contributed by atoms with E-state index in [9.17, 15) is 4.79 Å². The Morgan fingerprint density at radius 2 is 1.96 bits per heavy atom. The number of likely N-dealkylation sites (N-methyl/N-ethyl adjacent to an activating group) is 1. The molecule has 2 N–H and O–H groups in total. The molecule has 8 heteroatoms. The molecule has 0 spiro atoms. The lowest BCUT2D eigenvalue weighted by Gasteiger charge is -2.24. The Balaban J connectivity index is 1.97. The third kappa shape index (κ3) is 4.87. The average Bonchev–Trinajstić information content (AvgIpc) is 3.00. The number of ether oxygens (including phenoxy) is 2. The highest BCUT2D eigenvalue weighted by Crippen LogP contribution is 2.25. The van der Waals surface area contributed by atoms with Gasteiger partial charge >= 0.3 is 6.09 Å². The summed E-state index contributed by atoms with van der Waals surface area (Å²) in [4.78, 5) is 13.4. The second-order valence-electron chi connectivity index (χ2n) is 6.35. The number of carbonyl (C=O) groups is 1. The van der Waals surface area contributed by atoms with Crippen molar-refractivity contribution < 1.29 is 14.3 Å². The van der Waals surface area contributed by atoms with Crippen LogP contribution in [-0.2, 0) is 4.74 Å². The van der Waals surface area contributed by atoms with E-state index in [-0.39, 0.29) is 6.09 Å². The third-order valence-electron chi connectivity index (χ3n) is 3.07. The number of hydrogen-bond acceptors (Lipinski definition) is 6. The van der Waals surface area contributed by atoms with Gasteiger partial charge in [0.2, 0.25) is 0 Å². The monoisotopic (exact) mass is 333 g/mol. The van der Waals surface area contributed by atoms with Crippen molar-refractivity contribution in [2.45, 2.75) is 26.4 Å². The Morgan fingerprint density at radius 1 is 1.29 bits per heavy atom. The third-order valence-corrected chi connectivity index (χ3v) is 3.07. The summed E-state index contributed by atoms with van der Waals surface area (Å²) in [6.45, 7) is 6.19. The summed E-state index contributed by atoms with van der Waals surface area (Å²) in [5.74, 6) is 0.626. The SMILES string of the molecule is CN(CCOc1ccc(N)cc1-n1cnnc1)C(=O)OC(C)(C)C. The molecule has 1 heterocycles. The maximum absolute atomic E-state index is 11.9. The fraction of sp³-hybridized carbons (Fsp3) is 0.438. The van der Waals surface area contributed by atoms with E-state index in [0.29, 0.717) is 24.6 Å². The first-order valence-corrected chi connectivity index (χ1v) is 7.58. The van der Waals surface area contributed by atoms with Gasteiger partial charge in [-0.05, 0) is 39.0 Å². The van der Waals surface area contributed by atoms with Gasteiger partial charge in [0.1, 0.15) is 30.6 Å². The van der Waals surface area contributed by atoms with Crippen LogP contribution < -0.4 is 10.5 Å². The summed E-state index contributed by atoms with van der Waals surface area (Å²) in [6.07, 6.45) is 2.74. The van der Waals surface area contributed by atoms with Crippen LogP contribution in [-0.4, -0.2) is 51.6 Å². The first-order valence-electron chi connectivity index (χ1n) is 7.58. The molecule has 0 aliphatic rings. The quantitative estimate of drug-likeness (QED) is 0.842. The first-order chi connectivity index (χ1) is 11.3. The van der Waals surface area contributed by atoms with Crippen molar-refractivity contribution in [1.82, 2.24) is 19.7 Å². The van der Waals surface area contributed by atoms with Gasteiger partial charge in [-0.25, -0.2) is 4.79 Å². The molecule has 0 atom stereocenters. The maximum atomic E-state index is 11.9. The van der Waals surface area contributed by atoms with Gasteiger partial charge in [-0.15, -0.1) is 10.2 Å². The lowest BCUT2D eigenvalue weighted by Crippen LogP contribution is -2.36. The van der Waals surface area contributed by atoms with Gasteiger partial charge in [0, 0.05) is 12.7 Å². The van der Waals surface area contributed by atoms with E-state index in [4.69, 9.17) is 15.2 Å². The molecule has 2 aromatic rings. The molecule has 8 nitrogen and oxygen atoms in total. The van der Waals surface area contributed by atoms with Crippen molar-refractivity contribution in [3.8, 4) is 11.4 Å². The number of anilines is 1. The molecule has 0 aliphatic carbocycles. The van der Waals surface area contributed by atoms with Gasteiger partial charge in [-0.3, -0.25) is 4.57 Å². The number of hydrogen-bond donors (Lipinski definition) is 1. The number of aromatic nitrogens is 3. The minimum Gasteiger partial charge on any atom is -0.490 e. The minimum atomic E-state index is -0.523. The van der Waals surface area contributed by atoms with Crippen LogP contribution in [0.5, 0.6) is 5.75 Å². The van der Waals surface area contributed by atoms with Crippen LogP contribution in [0.3, 0.4) is 0 Å². The van der Waals surface area contributed by atoms with Gasteiger partial charge in [0.05, 0.1) is 12.2 Å². The van der Waals surface area contributed by atoms with Crippen molar-refractivity contribution in [2.24, 2.45) is 0 Å². The van der Waals surface area contributed by atoms with Crippen molar-refractivity contribution in [2.75, 3.05) is 25.9 Å². The lowest BCUT2D eigenvalue weighted by atomic mass is 10.2. The molecule has 0 radical (unpaired) electrons. The van der Waals surface area contributed by atoms with Crippen LogP contribution in [0.2, 0.25) is 0 Å². The van der Waals surface area contributed by atoms with Gasteiger partial charge in [0.15, 0.2) is 0 Å². The van der Waals surface area contributed by atoms with Crippen LogP contribution >= 0.6 is 0 Å². The molecule has 0 saturated carbocycles. The van der Waals surface area contributed by atoms with E-state index < -0.39 is 5.60 Å². The van der Waals surface area contributed by atoms with E-state index in [1.165, 1.54) is 4.90 Å². The molecule has 0 aliphatic heterocycles. The number of nitrogen functional groups attached to an aromatic ring is 1. The molecule has 2 rings (SSSR count).